The molecule has 0 saturated carbocycles. The number of rotatable bonds is 3. The van der Waals surface area contributed by atoms with Gasteiger partial charge in [-0.15, -0.1) is 0 Å². The van der Waals surface area contributed by atoms with E-state index in [2.05, 4.69) is 6.07 Å². The van der Waals surface area contributed by atoms with Crippen molar-refractivity contribution in [3.8, 4) is 0 Å². The van der Waals surface area contributed by atoms with Crippen molar-refractivity contribution in [1.29, 1.82) is 0 Å². The highest BCUT2D eigenvalue weighted by molar-refractivity contribution is 6.03. The lowest BCUT2D eigenvalue weighted by Gasteiger charge is -2.24. The Morgan fingerprint density at radius 3 is 2.64 bits per heavy atom. The molecule has 126 valence electrons. The van der Waals surface area contributed by atoms with Crippen LogP contribution in [-0.4, -0.2) is 22.4 Å². The number of hydrogen-bond acceptors (Lipinski definition) is 2. The van der Waals surface area contributed by atoms with Gasteiger partial charge in [-0.25, -0.2) is 0 Å². The molecule has 0 unspecified atom stereocenters. The lowest BCUT2D eigenvalue weighted by molar-refractivity contribution is -0.124. The number of amides is 2. The van der Waals surface area contributed by atoms with Crippen LogP contribution in [0.3, 0.4) is 0 Å². The molecule has 1 aliphatic rings. The molecule has 2 N–H and O–H groups in total. The van der Waals surface area contributed by atoms with Gasteiger partial charge >= 0.3 is 0 Å². The van der Waals surface area contributed by atoms with Crippen LogP contribution in [0.15, 0.2) is 54.6 Å². The number of aromatic nitrogens is 1. The van der Waals surface area contributed by atoms with Gasteiger partial charge in [0.15, 0.2) is 0 Å². The molecule has 2 amide bonds. The molecular formula is C20H19N3O2. The first-order chi connectivity index (χ1) is 12.1. The summed E-state index contributed by atoms with van der Waals surface area (Å²) in [5.74, 6) is -0.600. The molecule has 1 aliphatic heterocycles. The van der Waals surface area contributed by atoms with Crippen LogP contribution in [0.4, 0.5) is 5.69 Å². The highest BCUT2D eigenvalue weighted by Crippen LogP contribution is 2.32. The average Bonchev–Trinajstić information content (AvgIpc) is 3.13. The summed E-state index contributed by atoms with van der Waals surface area (Å²) < 4.78 is 1.98. The molecule has 0 bridgehead atoms. The fourth-order valence-corrected chi connectivity index (χ4v) is 3.69. The fourth-order valence-electron chi connectivity index (χ4n) is 3.69. The van der Waals surface area contributed by atoms with E-state index in [9.17, 15) is 9.59 Å². The van der Waals surface area contributed by atoms with Crippen molar-refractivity contribution < 1.29 is 9.59 Å². The number of primary amides is 1. The third-order valence-corrected chi connectivity index (χ3v) is 4.88. The number of nitrogens with zero attached hydrogens (tertiary/aromatic N) is 2. The summed E-state index contributed by atoms with van der Waals surface area (Å²) in [5, 5.41) is 1.10. The number of carbonyl (C=O) groups excluding carboxylic acids is 2. The van der Waals surface area contributed by atoms with Crippen LogP contribution in [0.25, 0.3) is 10.9 Å². The Hall–Kier alpha value is -3.08. The van der Waals surface area contributed by atoms with E-state index in [4.69, 9.17) is 5.73 Å². The second-order valence-corrected chi connectivity index (χ2v) is 6.45. The van der Waals surface area contributed by atoms with E-state index in [1.54, 1.807) is 4.90 Å². The van der Waals surface area contributed by atoms with E-state index < -0.39 is 11.9 Å². The molecule has 0 aliphatic carbocycles. The van der Waals surface area contributed by atoms with Crippen LogP contribution < -0.4 is 10.6 Å². The van der Waals surface area contributed by atoms with Gasteiger partial charge in [0, 0.05) is 23.3 Å². The Bertz CT molecular complexity index is 990. The number of carbonyl (C=O) groups is 2. The maximum atomic E-state index is 13.1. The fraction of sp³-hybridized carbons (Fsp3) is 0.200. The number of benzene rings is 2. The van der Waals surface area contributed by atoms with Crippen molar-refractivity contribution in [1.82, 2.24) is 4.57 Å². The molecule has 1 aromatic heterocycles. The summed E-state index contributed by atoms with van der Waals surface area (Å²) in [6, 6.07) is 17.0. The topological polar surface area (TPSA) is 68.3 Å². The first-order valence-electron chi connectivity index (χ1n) is 8.30. The van der Waals surface area contributed by atoms with Crippen molar-refractivity contribution in [2.45, 2.75) is 25.9 Å². The summed E-state index contributed by atoms with van der Waals surface area (Å²) >= 11 is 0. The standard InChI is InChI=1S/C20H19N3O2/c1-13-10-14-6-2-4-8-16(14)22(13)12-19(24)23-17-9-5-3-7-15(17)11-18(23)20(21)25/h2-10,18H,11-12H2,1H3,(H2,21,25)/t18-/m0/s1. The van der Waals surface area contributed by atoms with Gasteiger partial charge in [0.05, 0.1) is 0 Å². The largest absolute Gasteiger partial charge is 0.368 e. The van der Waals surface area contributed by atoms with Crippen molar-refractivity contribution in [3.63, 3.8) is 0 Å². The molecule has 5 nitrogen and oxygen atoms in total. The van der Waals surface area contributed by atoms with Gasteiger partial charge in [-0.2, -0.15) is 0 Å². The molecule has 4 rings (SSSR count). The van der Waals surface area contributed by atoms with Gasteiger partial charge in [-0.3, -0.25) is 14.5 Å². The summed E-state index contributed by atoms with van der Waals surface area (Å²) in [7, 11) is 0. The zero-order valence-corrected chi connectivity index (χ0v) is 14.0. The molecule has 0 radical (unpaired) electrons. The van der Waals surface area contributed by atoms with Gasteiger partial charge in [-0.05, 0) is 36.1 Å². The maximum Gasteiger partial charge on any atom is 0.247 e. The van der Waals surface area contributed by atoms with E-state index in [-0.39, 0.29) is 12.5 Å². The SMILES string of the molecule is Cc1cc2ccccc2n1CC(=O)N1c2ccccc2C[C@H]1C(N)=O. The van der Waals surface area contributed by atoms with E-state index in [1.165, 1.54) is 0 Å². The number of hydrogen-bond donors (Lipinski definition) is 1. The van der Waals surface area contributed by atoms with Crippen molar-refractivity contribution >= 4 is 28.4 Å². The van der Waals surface area contributed by atoms with Crippen LogP contribution in [0.5, 0.6) is 0 Å². The van der Waals surface area contributed by atoms with Gasteiger partial charge in [-0.1, -0.05) is 36.4 Å². The molecule has 2 heterocycles. The quantitative estimate of drug-likeness (QED) is 0.800. The van der Waals surface area contributed by atoms with Crippen molar-refractivity contribution in [2.75, 3.05) is 4.90 Å². The van der Waals surface area contributed by atoms with Gasteiger partial charge < -0.3 is 10.3 Å². The smallest absolute Gasteiger partial charge is 0.247 e. The van der Waals surface area contributed by atoms with E-state index in [0.717, 1.165) is 27.8 Å². The molecule has 2 aromatic carbocycles. The molecule has 5 heteroatoms. The summed E-state index contributed by atoms with van der Waals surface area (Å²) in [5.41, 5.74) is 9.34. The third-order valence-electron chi connectivity index (χ3n) is 4.88. The van der Waals surface area contributed by atoms with Crippen LogP contribution in [0.1, 0.15) is 11.3 Å². The lowest BCUT2D eigenvalue weighted by Crippen LogP contribution is -2.47. The zero-order valence-electron chi connectivity index (χ0n) is 14.0. The molecule has 0 saturated heterocycles. The predicted molar refractivity (Wildman–Crippen MR) is 97.3 cm³/mol. The third kappa shape index (κ3) is 2.48. The summed E-state index contributed by atoms with van der Waals surface area (Å²) in [6.45, 7) is 2.16. The zero-order chi connectivity index (χ0) is 17.6. The minimum absolute atomic E-state index is 0.127. The van der Waals surface area contributed by atoms with E-state index in [0.29, 0.717) is 6.42 Å². The summed E-state index contributed by atoms with van der Waals surface area (Å²) in [6.07, 6.45) is 0.475. The monoisotopic (exact) mass is 333 g/mol. The number of anilines is 1. The second kappa shape index (κ2) is 5.77. The lowest BCUT2D eigenvalue weighted by atomic mass is 10.1. The minimum atomic E-state index is -0.618. The van der Waals surface area contributed by atoms with Crippen LogP contribution in [0.2, 0.25) is 0 Å². The Kier molecular flexibility index (Phi) is 3.57. The minimum Gasteiger partial charge on any atom is -0.368 e. The molecular weight excluding hydrogens is 314 g/mol. The van der Waals surface area contributed by atoms with Gasteiger partial charge in [0.25, 0.3) is 0 Å². The predicted octanol–water partition coefficient (Wildman–Crippen LogP) is 2.39. The molecule has 3 aromatic rings. The summed E-state index contributed by atoms with van der Waals surface area (Å²) in [4.78, 5) is 26.5. The Morgan fingerprint density at radius 1 is 1.12 bits per heavy atom. The van der Waals surface area contributed by atoms with Crippen LogP contribution >= 0.6 is 0 Å². The first kappa shape index (κ1) is 15.4. The Morgan fingerprint density at radius 2 is 1.84 bits per heavy atom. The van der Waals surface area contributed by atoms with E-state index in [1.807, 2.05) is 60.0 Å². The Balaban J connectivity index is 1.72. The number of aryl methyl sites for hydroxylation is 1. The molecule has 1 atom stereocenters. The first-order valence-corrected chi connectivity index (χ1v) is 8.30. The van der Waals surface area contributed by atoms with E-state index >= 15 is 0 Å². The molecule has 25 heavy (non-hydrogen) atoms. The highest BCUT2D eigenvalue weighted by atomic mass is 16.2. The number of nitrogens with two attached hydrogens (primary N) is 1. The average molecular weight is 333 g/mol. The Labute approximate surface area is 145 Å². The van der Waals surface area contributed by atoms with Crippen LogP contribution in [-0.2, 0) is 22.6 Å². The van der Waals surface area contributed by atoms with Crippen LogP contribution in [0, 0.1) is 6.92 Å². The normalized spacial score (nSPS) is 16.2. The van der Waals surface area contributed by atoms with Crippen molar-refractivity contribution in [2.24, 2.45) is 5.73 Å². The molecule has 0 spiro atoms. The molecule has 0 fully saturated rings. The second-order valence-electron chi connectivity index (χ2n) is 6.45. The van der Waals surface area contributed by atoms with Gasteiger partial charge in [0.1, 0.15) is 12.6 Å². The van der Waals surface area contributed by atoms with Gasteiger partial charge in [0.2, 0.25) is 11.8 Å². The van der Waals surface area contributed by atoms with Crippen molar-refractivity contribution in [3.05, 3.63) is 65.9 Å². The highest BCUT2D eigenvalue weighted by Gasteiger charge is 2.37. The number of para-hydroxylation sites is 2. The number of fused-ring (bicyclic) bond motifs is 2. The maximum absolute atomic E-state index is 13.1.